The van der Waals surface area contributed by atoms with Gasteiger partial charge in [0.1, 0.15) is 5.75 Å². The minimum absolute atomic E-state index is 0.110. The molecule has 0 fully saturated rings. The highest BCUT2D eigenvalue weighted by Crippen LogP contribution is 2.43. The lowest BCUT2D eigenvalue weighted by molar-refractivity contribution is -0.142. The fraction of sp³-hybridized carbons (Fsp3) is 0.615. The second-order valence-electron chi connectivity index (χ2n) is 4.62. The van der Waals surface area contributed by atoms with Crippen molar-refractivity contribution in [2.45, 2.75) is 44.9 Å². The topological polar surface area (TPSA) is 42.4 Å². The van der Waals surface area contributed by atoms with Gasteiger partial charge in [-0.2, -0.15) is 13.2 Å². The average molecular weight is 275 g/mol. The Kier molecular flexibility index (Phi) is 3.99. The maximum atomic E-state index is 12.8. The van der Waals surface area contributed by atoms with Gasteiger partial charge in [-0.15, -0.1) is 0 Å². The van der Waals surface area contributed by atoms with Crippen LogP contribution in [0.4, 0.5) is 13.2 Å². The molecule has 0 aromatic carbocycles. The number of hydrogen-bond acceptors (Lipinski definition) is 3. The zero-order valence-corrected chi connectivity index (χ0v) is 10.6. The minimum Gasteiger partial charge on any atom is -0.492 e. The molecule has 0 saturated carbocycles. The Morgan fingerprint density at radius 2 is 2.21 bits per heavy atom. The lowest BCUT2D eigenvalue weighted by atomic mass is 10.1. The van der Waals surface area contributed by atoms with Crippen LogP contribution < -0.4 is 4.74 Å². The number of fused-ring (bicyclic) bond motifs is 1. The molecule has 1 N–H and O–H groups in total. The van der Waals surface area contributed by atoms with Crippen molar-refractivity contribution in [1.82, 2.24) is 4.98 Å². The Morgan fingerprint density at radius 1 is 1.47 bits per heavy atom. The molecule has 0 aliphatic heterocycles. The van der Waals surface area contributed by atoms with Crippen molar-refractivity contribution in [1.29, 1.82) is 0 Å². The normalized spacial score (nSPS) is 18.5. The van der Waals surface area contributed by atoms with E-state index < -0.39 is 18.0 Å². The second-order valence-corrected chi connectivity index (χ2v) is 4.62. The molecule has 0 saturated heterocycles. The first-order valence-electron chi connectivity index (χ1n) is 6.35. The predicted octanol–water partition coefficient (Wildman–Crippen LogP) is 3.26. The number of pyridine rings is 1. The molecule has 0 radical (unpaired) electrons. The smallest absolute Gasteiger partial charge is 0.433 e. The average Bonchev–Trinajstić information content (AvgIpc) is 2.71. The first-order chi connectivity index (χ1) is 8.95. The molecule has 1 aliphatic carbocycles. The molecule has 0 bridgehead atoms. The first kappa shape index (κ1) is 14.1. The zero-order valence-electron chi connectivity index (χ0n) is 10.6. The number of hydrogen-bond donors (Lipinski definition) is 1. The van der Waals surface area contributed by atoms with E-state index in [-0.39, 0.29) is 12.0 Å². The van der Waals surface area contributed by atoms with Crippen LogP contribution in [0.25, 0.3) is 0 Å². The van der Waals surface area contributed by atoms with Crippen LogP contribution in [0.1, 0.15) is 49.1 Å². The van der Waals surface area contributed by atoms with Crippen molar-refractivity contribution in [3.05, 3.63) is 23.0 Å². The molecule has 1 aromatic rings. The predicted molar refractivity (Wildman–Crippen MR) is 62.9 cm³/mol. The summed E-state index contributed by atoms with van der Waals surface area (Å²) < 4.78 is 44.0. The maximum absolute atomic E-state index is 12.8. The van der Waals surface area contributed by atoms with Gasteiger partial charge in [-0.25, -0.2) is 4.98 Å². The van der Waals surface area contributed by atoms with Gasteiger partial charge in [0, 0.05) is 11.1 Å². The van der Waals surface area contributed by atoms with E-state index in [4.69, 9.17) is 4.74 Å². The molecule has 0 amide bonds. The molecule has 0 spiro atoms. The second kappa shape index (κ2) is 5.36. The number of aromatic nitrogens is 1. The standard InChI is InChI=1S/C13H16F3NO2/c1-2-3-6-19-10-7-17-12(13(14,15)16)11-8(10)4-5-9(11)18/h7,9,18H,2-6H2,1H3. The Labute approximate surface area is 109 Å². The van der Waals surface area contributed by atoms with E-state index in [1.807, 2.05) is 6.92 Å². The number of unbranched alkanes of at least 4 members (excludes halogenated alkanes) is 1. The molecule has 1 heterocycles. The summed E-state index contributed by atoms with van der Waals surface area (Å²) in [4.78, 5) is 3.44. The summed E-state index contributed by atoms with van der Waals surface area (Å²) in [6.45, 7) is 2.45. The lowest BCUT2D eigenvalue weighted by Gasteiger charge is -2.16. The summed E-state index contributed by atoms with van der Waals surface area (Å²) in [6, 6.07) is 0. The molecule has 6 heteroatoms. The lowest BCUT2D eigenvalue weighted by Crippen LogP contribution is -2.14. The summed E-state index contributed by atoms with van der Waals surface area (Å²) in [5.41, 5.74) is -0.650. The van der Waals surface area contributed by atoms with Crippen molar-refractivity contribution in [3.8, 4) is 5.75 Å². The monoisotopic (exact) mass is 275 g/mol. The molecule has 1 atom stereocenters. The van der Waals surface area contributed by atoms with Crippen LogP contribution in [0.15, 0.2) is 6.20 Å². The van der Waals surface area contributed by atoms with E-state index >= 15 is 0 Å². The van der Waals surface area contributed by atoms with Crippen LogP contribution in [-0.4, -0.2) is 16.7 Å². The summed E-state index contributed by atoms with van der Waals surface area (Å²) >= 11 is 0. The van der Waals surface area contributed by atoms with Crippen molar-refractivity contribution >= 4 is 0 Å². The molecule has 106 valence electrons. The van der Waals surface area contributed by atoms with Gasteiger partial charge in [0.2, 0.25) is 0 Å². The Morgan fingerprint density at radius 3 is 2.84 bits per heavy atom. The number of alkyl halides is 3. The van der Waals surface area contributed by atoms with Crippen LogP contribution >= 0.6 is 0 Å². The summed E-state index contributed by atoms with van der Waals surface area (Å²) in [5.74, 6) is 0.369. The largest absolute Gasteiger partial charge is 0.492 e. The number of aliphatic hydroxyl groups excluding tert-OH is 1. The Balaban J connectivity index is 2.35. The number of ether oxygens (including phenoxy) is 1. The summed E-state index contributed by atoms with van der Waals surface area (Å²) in [5, 5.41) is 9.73. The third-order valence-electron chi connectivity index (χ3n) is 3.21. The van der Waals surface area contributed by atoms with Gasteiger partial charge in [-0.05, 0) is 19.3 Å². The molecule has 2 rings (SSSR count). The fourth-order valence-corrected chi connectivity index (χ4v) is 2.27. The number of aliphatic hydroxyl groups is 1. The third-order valence-corrected chi connectivity index (χ3v) is 3.21. The van der Waals surface area contributed by atoms with E-state index in [0.29, 0.717) is 24.3 Å². The highest BCUT2D eigenvalue weighted by molar-refractivity contribution is 5.46. The van der Waals surface area contributed by atoms with Crippen molar-refractivity contribution in [2.24, 2.45) is 0 Å². The Hall–Kier alpha value is -1.30. The van der Waals surface area contributed by atoms with Crippen molar-refractivity contribution in [3.63, 3.8) is 0 Å². The van der Waals surface area contributed by atoms with Gasteiger partial charge in [-0.1, -0.05) is 13.3 Å². The molecular formula is C13H16F3NO2. The maximum Gasteiger partial charge on any atom is 0.433 e. The van der Waals surface area contributed by atoms with Crippen LogP contribution in [0.2, 0.25) is 0 Å². The SMILES string of the molecule is CCCCOc1cnc(C(F)(F)F)c2c1CCC2O. The summed E-state index contributed by atoms with van der Waals surface area (Å²) in [6.07, 6.45) is -2.07. The molecule has 3 nitrogen and oxygen atoms in total. The van der Waals surface area contributed by atoms with Gasteiger partial charge in [-0.3, -0.25) is 0 Å². The van der Waals surface area contributed by atoms with Crippen LogP contribution in [-0.2, 0) is 12.6 Å². The molecule has 19 heavy (non-hydrogen) atoms. The van der Waals surface area contributed by atoms with Gasteiger partial charge in [0.25, 0.3) is 0 Å². The van der Waals surface area contributed by atoms with E-state index in [9.17, 15) is 18.3 Å². The quantitative estimate of drug-likeness (QED) is 0.858. The first-order valence-corrected chi connectivity index (χ1v) is 6.35. The molecule has 1 unspecified atom stereocenters. The van der Waals surface area contributed by atoms with Gasteiger partial charge in [0.15, 0.2) is 5.69 Å². The number of nitrogens with zero attached hydrogens (tertiary/aromatic N) is 1. The number of halogens is 3. The third kappa shape index (κ3) is 2.83. The highest BCUT2D eigenvalue weighted by Gasteiger charge is 2.41. The van der Waals surface area contributed by atoms with Crippen molar-refractivity contribution in [2.75, 3.05) is 6.61 Å². The minimum atomic E-state index is -4.54. The Bertz CT molecular complexity index is 460. The highest BCUT2D eigenvalue weighted by atomic mass is 19.4. The van der Waals surface area contributed by atoms with Gasteiger partial charge >= 0.3 is 6.18 Å². The van der Waals surface area contributed by atoms with Crippen LogP contribution in [0.5, 0.6) is 5.75 Å². The van der Waals surface area contributed by atoms with E-state index in [2.05, 4.69) is 4.98 Å². The zero-order chi connectivity index (χ0) is 14.0. The molecular weight excluding hydrogens is 259 g/mol. The van der Waals surface area contributed by atoms with E-state index in [0.717, 1.165) is 19.0 Å². The van der Waals surface area contributed by atoms with Gasteiger partial charge < -0.3 is 9.84 Å². The fourth-order valence-electron chi connectivity index (χ4n) is 2.27. The van der Waals surface area contributed by atoms with E-state index in [1.165, 1.54) is 0 Å². The van der Waals surface area contributed by atoms with Crippen LogP contribution in [0, 0.1) is 0 Å². The van der Waals surface area contributed by atoms with E-state index in [1.54, 1.807) is 0 Å². The molecule has 1 aromatic heterocycles. The molecule has 1 aliphatic rings. The van der Waals surface area contributed by atoms with Gasteiger partial charge in [0.05, 0.1) is 18.9 Å². The summed E-state index contributed by atoms with van der Waals surface area (Å²) in [7, 11) is 0. The van der Waals surface area contributed by atoms with Crippen molar-refractivity contribution < 1.29 is 23.0 Å². The van der Waals surface area contributed by atoms with Crippen LogP contribution in [0.3, 0.4) is 0 Å². The number of rotatable bonds is 4.